The molecule has 1 fully saturated rings. The largest absolute Gasteiger partial charge is 0.488 e. The maximum atomic E-state index is 9.97. The maximum absolute atomic E-state index is 9.97. The van der Waals surface area contributed by atoms with Crippen molar-refractivity contribution in [1.82, 2.24) is 0 Å². The van der Waals surface area contributed by atoms with E-state index in [1.165, 1.54) is 6.42 Å². The first-order valence-electron chi connectivity index (χ1n) is 6.42. The Morgan fingerprint density at radius 3 is 2.53 bits per heavy atom. The second-order valence-corrected chi connectivity index (χ2v) is 4.64. The van der Waals surface area contributed by atoms with Gasteiger partial charge < -0.3 is 15.2 Å². The van der Waals surface area contributed by atoms with Gasteiger partial charge in [0, 0.05) is 12.7 Å². The third-order valence-corrected chi connectivity index (χ3v) is 3.35. The summed E-state index contributed by atoms with van der Waals surface area (Å²) in [7, 11) is 1.89. The zero-order chi connectivity index (χ0) is 12.1. The first-order valence-corrected chi connectivity index (χ1v) is 6.42. The van der Waals surface area contributed by atoms with Crippen molar-refractivity contribution < 1.29 is 9.84 Å². The molecular formula is C14H21NO2. The molecule has 2 atom stereocenters. The highest BCUT2D eigenvalue weighted by molar-refractivity contribution is 5.45. The van der Waals surface area contributed by atoms with Crippen LogP contribution in [0.25, 0.3) is 0 Å². The van der Waals surface area contributed by atoms with Gasteiger partial charge in [0.2, 0.25) is 0 Å². The van der Waals surface area contributed by atoms with Gasteiger partial charge in [-0.25, -0.2) is 0 Å². The van der Waals surface area contributed by atoms with E-state index >= 15 is 0 Å². The van der Waals surface area contributed by atoms with Crippen LogP contribution < -0.4 is 10.1 Å². The Bertz CT molecular complexity index is 337. The monoisotopic (exact) mass is 235 g/mol. The van der Waals surface area contributed by atoms with E-state index in [1.54, 1.807) is 0 Å². The molecule has 0 saturated heterocycles. The number of rotatable bonds is 3. The molecule has 0 heterocycles. The minimum atomic E-state index is -0.318. The molecule has 0 aliphatic heterocycles. The number of aliphatic hydroxyl groups is 1. The summed E-state index contributed by atoms with van der Waals surface area (Å²) in [5.74, 6) is 0.843. The van der Waals surface area contributed by atoms with Crippen molar-refractivity contribution in [2.24, 2.45) is 0 Å². The molecule has 2 unspecified atom stereocenters. The van der Waals surface area contributed by atoms with Crippen LogP contribution in [-0.2, 0) is 0 Å². The van der Waals surface area contributed by atoms with Crippen molar-refractivity contribution in [2.45, 2.75) is 44.3 Å². The third-order valence-electron chi connectivity index (χ3n) is 3.35. The summed E-state index contributed by atoms with van der Waals surface area (Å²) in [6.07, 6.45) is 4.92. The lowest BCUT2D eigenvalue weighted by molar-refractivity contribution is 0.0320. The van der Waals surface area contributed by atoms with Crippen molar-refractivity contribution in [1.29, 1.82) is 0 Å². The van der Waals surface area contributed by atoms with Crippen molar-refractivity contribution in [3.63, 3.8) is 0 Å². The summed E-state index contributed by atoms with van der Waals surface area (Å²) < 4.78 is 5.87. The molecule has 0 bridgehead atoms. The summed E-state index contributed by atoms with van der Waals surface area (Å²) >= 11 is 0. The lowest BCUT2D eigenvalue weighted by Gasteiger charge is -2.22. The van der Waals surface area contributed by atoms with E-state index in [1.807, 2.05) is 31.3 Å². The molecule has 0 amide bonds. The van der Waals surface area contributed by atoms with E-state index in [-0.39, 0.29) is 12.2 Å². The average Bonchev–Trinajstić information content (AvgIpc) is 2.56. The topological polar surface area (TPSA) is 41.5 Å². The fourth-order valence-electron chi connectivity index (χ4n) is 2.27. The molecule has 0 aromatic heterocycles. The van der Waals surface area contributed by atoms with Gasteiger partial charge in [0.05, 0.1) is 6.10 Å². The van der Waals surface area contributed by atoms with Crippen molar-refractivity contribution >= 4 is 5.69 Å². The van der Waals surface area contributed by atoms with Crippen molar-refractivity contribution in [3.05, 3.63) is 24.3 Å². The normalized spacial score (nSPS) is 25.1. The molecule has 2 N–H and O–H groups in total. The van der Waals surface area contributed by atoms with Gasteiger partial charge in [-0.1, -0.05) is 12.8 Å². The molecule has 1 aromatic carbocycles. The standard InChI is InChI=1S/C14H21NO2/c1-15-11-7-9-12(10-8-11)17-14-6-4-2-3-5-13(14)16/h7-10,13-16H,2-6H2,1H3. The molecule has 1 aliphatic carbocycles. The number of ether oxygens (including phenoxy) is 1. The Morgan fingerprint density at radius 2 is 1.82 bits per heavy atom. The van der Waals surface area contributed by atoms with Crippen LogP contribution >= 0.6 is 0 Å². The number of anilines is 1. The van der Waals surface area contributed by atoms with Gasteiger partial charge in [-0.2, -0.15) is 0 Å². The first kappa shape index (κ1) is 12.2. The third kappa shape index (κ3) is 3.37. The number of hydrogen-bond donors (Lipinski definition) is 2. The zero-order valence-electron chi connectivity index (χ0n) is 10.4. The molecule has 1 saturated carbocycles. The Morgan fingerprint density at radius 1 is 1.12 bits per heavy atom. The highest BCUT2D eigenvalue weighted by atomic mass is 16.5. The summed E-state index contributed by atoms with van der Waals surface area (Å²) in [5, 5.41) is 13.0. The fourth-order valence-corrected chi connectivity index (χ4v) is 2.27. The van der Waals surface area contributed by atoms with Crippen LogP contribution in [-0.4, -0.2) is 24.4 Å². The van der Waals surface area contributed by atoms with Gasteiger partial charge in [0.25, 0.3) is 0 Å². The molecule has 3 nitrogen and oxygen atoms in total. The fraction of sp³-hybridized carbons (Fsp3) is 0.571. The molecule has 3 heteroatoms. The average molecular weight is 235 g/mol. The zero-order valence-corrected chi connectivity index (χ0v) is 10.4. The molecular weight excluding hydrogens is 214 g/mol. The van der Waals surface area contributed by atoms with E-state index in [0.29, 0.717) is 0 Å². The van der Waals surface area contributed by atoms with E-state index in [4.69, 9.17) is 4.74 Å². The van der Waals surface area contributed by atoms with Gasteiger partial charge in [-0.05, 0) is 43.5 Å². The molecule has 0 radical (unpaired) electrons. The number of nitrogens with one attached hydrogen (secondary N) is 1. The minimum absolute atomic E-state index is 0.0436. The predicted octanol–water partition coefficient (Wildman–Crippen LogP) is 2.80. The highest BCUT2D eigenvalue weighted by Gasteiger charge is 2.23. The van der Waals surface area contributed by atoms with Crippen LogP contribution in [0.2, 0.25) is 0 Å². The molecule has 0 spiro atoms. The number of benzene rings is 1. The molecule has 1 aliphatic rings. The van der Waals surface area contributed by atoms with Crippen LogP contribution in [0.5, 0.6) is 5.75 Å². The van der Waals surface area contributed by atoms with Crippen LogP contribution in [0, 0.1) is 0 Å². The smallest absolute Gasteiger partial charge is 0.124 e. The van der Waals surface area contributed by atoms with Crippen LogP contribution in [0.15, 0.2) is 24.3 Å². The summed E-state index contributed by atoms with van der Waals surface area (Å²) in [6.45, 7) is 0. The van der Waals surface area contributed by atoms with Gasteiger partial charge in [-0.15, -0.1) is 0 Å². The second-order valence-electron chi connectivity index (χ2n) is 4.64. The summed E-state index contributed by atoms with van der Waals surface area (Å²) in [4.78, 5) is 0. The van der Waals surface area contributed by atoms with E-state index in [2.05, 4.69) is 5.32 Å². The molecule has 1 aromatic rings. The van der Waals surface area contributed by atoms with E-state index in [9.17, 15) is 5.11 Å². The van der Waals surface area contributed by atoms with E-state index in [0.717, 1.165) is 37.1 Å². The van der Waals surface area contributed by atoms with Crippen molar-refractivity contribution in [3.8, 4) is 5.75 Å². The van der Waals surface area contributed by atoms with Gasteiger partial charge in [-0.3, -0.25) is 0 Å². The van der Waals surface area contributed by atoms with Crippen LogP contribution in [0.4, 0.5) is 5.69 Å². The number of aliphatic hydroxyl groups excluding tert-OH is 1. The van der Waals surface area contributed by atoms with Crippen molar-refractivity contribution in [2.75, 3.05) is 12.4 Å². The summed E-state index contributed by atoms with van der Waals surface area (Å²) in [6, 6.07) is 7.86. The quantitative estimate of drug-likeness (QED) is 0.792. The SMILES string of the molecule is CNc1ccc(OC2CCCCCC2O)cc1. The van der Waals surface area contributed by atoms with Gasteiger partial charge >= 0.3 is 0 Å². The first-order chi connectivity index (χ1) is 8.29. The molecule has 2 rings (SSSR count). The lowest BCUT2D eigenvalue weighted by atomic mass is 10.1. The Hall–Kier alpha value is -1.22. The Kier molecular flexibility index (Phi) is 4.26. The van der Waals surface area contributed by atoms with Crippen LogP contribution in [0.1, 0.15) is 32.1 Å². The lowest BCUT2D eigenvalue weighted by Crippen LogP contribution is -2.30. The summed E-state index contributed by atoms with van der Waals surface area (Å²) in [5.41, 5.74) is 1.07. The Balaban J connectivity index is 1.98. The predicted molar refractivity (Wildman–Crippen MR) is 69.5 cm³/mol. The van der Waals surface area contributed by atoms with Gasteiger partial charge in [0.15, 0.2) is 0 Å². The molecule has 17 heavy (non-hydrogen) atoms. The maximum Gasteiger partial charge on any atom is 0.124 e. The second kappa shape index (κ2) is 5.92. The number of hydrogen-bond acceptors (Lipinski definition) is 3. The van der Waals surface area contributed by atoms with Gasteiger partial charge in [0.1, 0.15) is 11.9 Å². The minimum Gasteiger partial charge on any atom is -0.488 e. The van der Waals surface area contributed by atoms with E-state index < -0.39 is 0 Å². The van der Waals surface area contributed by atoms with Crippen LogP contribution in [0.3, 0.4) is 0 Å². The molecule has 94 valence electrons. The Labute approximate surface area is 103 Å². The highest BCUT2D eigenvalue weighted by Crippen LogP contribution is 2.24.